The molecule has 0 fully saturated rings. The van der Waals surface area contributed by atoms with Gasteiger partial charge in [-0.1, -0.05) is 195 Å². The van der Waals surface area contributed by atoms with Crippen molar-refractivity contribution in [3.63, 3.8) is 0 Å². The van der Waals surface area contributed by atoms with Crippen LogP contribution in [0.25, 0.3) is 0 Å². The van der Waals surface area contributed by atoms with Gasteiger partial charge < -0.3 is 18.9 Å². The molecule has 4 nitrogen and oxygen atoms in total. The first-order chi connectivity index (χ1) is 29.7. The summed E-state index contributed by atoms with van der Waals surface area (Å²) in [5, 5.41) is 0. The predicted octanol–water partition coefficient (Wildman–Crippen LogP) is 14.4. The van der Waals surface area contributed by atoms with Crippen LogP contribution in [0.5, 0.6) is 0 Å². The Balaban J connectivity index is 2.17. The van der Waals surface area contributed by atoms with E-state index in [9.17, 15) is 0 Å². The summed E-state index contributed by atoms with van der Waals surface area (Å²) in [4.78, 5) is 0. The molecule has 63 heavy (non-hydrogen) atoms. The third-order valence-corrected chi connectivity index (χ3v) is 13.1. The van der Waals surface area contributed by atoms with Crippen molar-refractivity contribution in [3.8, 4) is 0 Å². The van der Waals surface area contributed by atoms with Crippen molar-refractivity contribution in [2.24, 2.45) is 0 Å². The Hall–Kier alpha value is -3.28. The molecule has 0 saturated carbocycles. The van der Waals surface area contributed by atoms with Gasteiger partial charge in [0.05, 0.1) is 26.4 Å². The summed E-state index contributed by atoms with van der Waals surface area (Å²) in [6, 6.07) is 39.3. The van der Waals surface area contributed by atoms with E-state index in [1.807, 2.05) is 0 Å². The Labute approximate surface area is 386 Å². The Morgan fingerprint density at radius 3 is 1.19 bits per heavy atom. The van der Waals surface area contributed by atoms with Crippen molar-refractivity contribution < 1.29 is 18.9 Å². The van der Waals surface area contributed by atoms with Gasteiger partial charge in [-0.05, 0) is 110 Å². The predicted molar refractivity (Wildman–Crippen MR) is 267 cm³/mol. The molecule has 0 saturated heterocycles. The van der Waals surface area contributed by atoms with Crippen LogP contribution in [0, 0.1) is 12.1 Å². The van der Waals surface area contributed by atoms with Crippen LogP contribution < -0.4 is 0 Å². The lowest BCUT2D eigenvalue weighted by molar-refractivity contribution is 0.0170. The smallest absolute Gasteiger partial charge is 0.0700 e. The lowest BCUT2D eigenvalue weighted by atomic mass is 9.48. The van der Waals surface area contributed by atoms with Crippen molar-refractivity contribution in [2.75, 3.05) is 52.9 Å². The first kappa shape index (κ1) is 52.3. The van der Waals surface area contributed by atoms with Crippen LogP contribution in [0.1, 0.15) is 180 Å². The van der Waals surface area contributed by atoms with Crippen LogP contribution in [0.3, 0.4) is 0 Å². The van der Waals surface area contributed by atoms with Crippen LogP contribution in [0.4, 0.5) is 0 Å². The molecule has 0 amide bonds. The van der Waals surface area contributed by atoms with E-state index in [0.717, 1.165) is 58.2 Å². The molecular weight excluding hydrogens is 773 g/mol. The van der Waals surface area contributed by atoms with Crippen LogP contribution >= 0.6 is 0 Å². The first-order valence-corrected chi connectivity index (χ1v) is 24.3. The fourth-order valence-corrected chi connectivity index (χ4v) is 9.35. The van der Waals surface area contributed by atoms with Crippen molar-refractivity contribution in [1.82, 2.24) is 0 Å². The molecule has 0 aromatic heterocycles. The average molecular weight is 859 g/mol. The van der Waals surface area contributed by atoms with Crippen LogP contribution in [-0.2, 0) is 57.9 Å². The number of hydrogen-bond acceptors (Lipinski definition) is 4. The van der Waals surface area contributed by atoms with Crippen LogP contribution in [0.2, 0.25) is 0 Å². The summed E-state index contributed by atoms with van der Waals surface area (Å²) >= 11 is 0. The molecule has 0 unspecified atom stereocenters. The Morgan fingerprint density at radius 1 is 0.397 bits per heavy atom. The molecule has 4 heteroatoms. The van der Waals surface area contributed by atoms with E-state index in [2.05, 4.69) is 194 Å². The highest BCUT2D eigenvalue weighted by atomic mass is 16.5. The van der Waals surface area contributed by atoms with Gasteiger partial charge in [-0.2, -0.15) is 0 Å². The lowest BCUT2D eigenvalue weighted by Crippen LogP contribution is -2.54. The van der Waals surface area contributed by atoms with Gasteiger partial charge >= 0.3 is 0 Å². The molecule has 0 aliphatic rings. The zero-order valence-corrected chi connectivity index (χ0v) is 42.3. The molecule has 0 bridgehead atoms. The maximum atomic E-state index is 6.73. The highest BCUT2D eigenvalue weighted by Gasteiger charge is 2.55. The van der Waals surface area contributed by atoms with Gasteiger partial charge in [-0.3, -0.25) is 0 Å². The molecule has 4 aromatic carbocycles. The van der Waals surface area contributed by atoms with Crippen molar-refractivity contribution in [3.05, 3.63) is 142 Å². The van der Waals surface area contributed by atoms with Gasteiger partial charge in [0, 0.05) is 37.3 Å². The summed E-state index contributed by atoms with van der Waals surface area (Å²) in [6.07, 6.45) is 6.65. The Kier molecular flexibility index (Phi) is 19.3. The van der Waals surface area contributed by atoms with E-state index in [4.69, 9.17) is 18.9 Å². The summed E-state index contributed by atoms with van der Waals surface area (Å²) < 4.78 is 25.5. The quantitative estimate of drug-likeness (QED) is 0.0658. The molecular formula is C59H86O4. The minimum absolute atomic E-state index is 0.00943. The first-order valence-electron chi connectivity index (χ1n) is 24.3. The van der Waals surface area contributed by atoms with Crippen LogP contribution in [0.15, 0.2) is 84.9 Å². The van der Waals surface area contributed by atoms with Gasteiger partial charge in [0.25, 0.3) is 0 Å². The zero-order valence-electron chi connectivity index (χ0n) is 42.3. The third kappa shape index (κ3) is 13.9. The summed E-state index contributed by atoms with van der Waals surface area (Å²) in [5.74, 6) is 0. The average Bonchev–Trinajstić information content (AvgIpc) is 3.23. The molecule has 0 N–H and O–H groups in total. The van der Waals surface area contributed by atoms with E-state index >= 15 is 0 Å². The second kappa shape index (κ2) is 23.3. The zero-order chi connectivity index (χ0) is 46.4. The monoisotopic (exact) mass is 859 g/mol. The number of unbranched alkanes of at least 4 members (excludes halogenated alkanes) is 2. The number of ether oxygens (including phenoxy) is 4. The SMILES string of the molecule is CCCCOCCOCCC(CCOCCOCCCC)(c1ccc(C(C)(C)C)cc1C(C)(C)C)C(Cc1ccc(C(C)(C)C)cc1C(C)(C)C)(c1cc[c]cc1)c1cc[c]cc1. The normalized spacial score (nSPS) is 13.2. The molecule has 346 valence electrons. The summed E-state index contributed by atoms with van der Waals surface area (Å²) in [6.45, 7) is 37.6. The molecule has 2 radical (unpaired) electrons. The highest BCUT2D eigenvalue weighted by Crippen LogP contribution is 2.57. The molecule has 0 heterocycles. The van der Waals surface area contributed by atoms with E-state index in [-0.39, 0.29) is 21.7 Å². The maximum Gasteiger partial charge on any atom is 0.0700 e. The molecule has 0 spiro atoms. The molecule has 0 aliphatic heterocycles. The molecule has 0 atom stereocenters. The second-order valence-electron chi connectivity index (χ2n) is 22.0. The van der Waals surface area contributed by atoms with Gasteiger partial charge in [0.1, 0.15) is 0 Å². The van der Waals surface area contributed by atoms with Crippen molar-refractivity contribution >= 4 is 0 Å². The largest absolute Gasteiger partial charge is 0.379 e. The molecule has 0 aliphatic carbocycles. The Bertz CT molecular complexity index is 1860. The van der Waals surface area contributed by atoms with E-state index in [0.29, 0.717) is 39.6 Å². The minimum Gasteiger partial charge on any atom is -0.379 e. The molecule has 4 aromatic rings. The van der Waals surface area contributed by atoms with Crippen LogP contribution in [-0.4, -0.2) is 52.9 Å². The highest BCUT2D eigenvalue weighted by molar-refractivity contribution is 5.56. The van der Waals surface area contributed by atoms with Gasteiger partial charge in [-0.25, -0.2) is 0 Å². The number of hydrogen-bond donors (Lipinski definition) is 0. The van der Waals surface area contributed by atoms with Gasteiger partial charge in [-0.15, -0.1) is 0 Å². The maximum absolute atomic E-state index is 6.73. The van der Waals surface area contributed by atoms with Crippen molar-refractivity contribution in [1.29, 1.82) is 0 Å². The molecule has 4 rings (SSSR count). The second-order valence-corrected chi connectivity index (χ2v) is 22.0. The van der Waals surface area contributed by atoms with E-state index in [1.165, 1.54) is 44.5 Å². The van der Waals surface area contributed by atoms with Gasteiger partial charge in [0.15, 0.2) is 0 Å². The van der Waals surface area contributed by atoms with E-state index < -0.39 is 10.8 Å². The van der Waals surface area contributed by atoms with Crippen molar-refractivity contribution in [2.45, 2.75) is 174 Å². The fraction of sp³-hybridized carbons (Fsp3) is 0.593. The number of rotatable bonds is 24. The summed E-state index contributed by atoms with van der Waals surface area (Å²) in [5.41, 5.74) is 9.25. The lowest BCUT2D eigenvalue weighted by Gasteiger charge is -2.55. The Morgan fingerprint density at radius 2 is 0.794 bits per heavy atom. The third-order valence-electron chi connectivity index (χ3n) is 13.1. The summed E-state index contributed by atoms with van der Waals surface area (Å²) in [7, 11) is 0. The standard InChI is InChI=1S/C59H86O4/c1-15-17-35-60-39-41-62-37-33-58(34-38-63-42-40-61-36-18-16-2,51-32-31-50(55(6,7)8)44-53(51)57(12,13)14)59(47-25-21-19-22-26-47,48-27-23-20-24-28-48)45-46-29-30-49(54(3,4)5)43-52(46)56(9,10)11/h21-32,43-44H,15-18,33-42,45H2,1-14H3. The number of benzene rings is 4. The van der Waals surface area contributed by atoms with Gasteiger partial charge in [0.2, 0.25) is 0 Å². The fourth-order valence-electron chi connectivity index (χ4n) is 9.35. The topological polar surface area (TPSA) is 36.9 Å². The minimum atomic E-state index is -0.605. The van der Waals surface area contributed by atoms with E-state index in [1.54, 1.807) is 0 Å².